The molecule has 0 unspecified atom stereocenters. The van der Waals surface area contributed by atoms with Crippen LogP contribution in [0.25, 0.3) is 0 Å². The highest BCUT2D eigenvalue weighted by Crippen LogP contribution is 2.21. The second kappa shape index (κ2) is 5.56. The van der Waals surface area contributed by atoms with Crippen molar-refractivity contribution >= 4 is 17.8 Å². The fourth-order valence-corrected chi connectivity index (χ4v) is 2.88. The number of likely N-dealkylation sites (tertiary alicyclic amines) is 2. The molecule has 0 bridgehead atoms. The van der Waals surface area contributed by atoms with Crippen molar-refractivity contribution in [1.82, 2.24) is 9.80 Å². The lowest BCUT2D eigenvalue weighted by Crippen LogP contribution is -2.47. The van der Waals surface area contributed by atoms with Crippen LogP contribution in [0.15, 0.2) is 0 Å². The zero-order chi connectivity index (χ0) is 14.0. The molecule has 7 nitrogen and oxygen atoms in total. The first-order chi connectivity index (χ1) is 9.00. The summed E-state index contributed by atoms with van der Waals surface area (Å²) in [7, 11) is 0. The molecular formula is C12H18N2O5. The van der Waals surface area contributed by atoms with Crippen molar-refractivity contribution in [3.05, 3.63) is 0 Å². The van der Waals surface area contributed by atoms with Crippen molar-refractivity contribution in [1.29, 1.82) is 0 Å². The standard InChI is InChI=1S/C12H18N2O5/c15-10(14-6-2-4-9(14)12(18)19)7-13-5-1-3-8(13)11(16)17/h8-9H,1-7H2,(H,16,17)(H,18,19)/t8-,9-/m1/s1. The van der Waals surface area contributed by atoms with Gasteiger partial charge in [0.1, 0.15) is 12.1 Å². The zero-order valence-electron chi connectivity index (χ0n) is 10.6. The van der Waals surface area contributed by atoms with Gasteiger partial charge in [-0.3, -0.25) is 14.5 Å². The minimum Gasteiger partial charge on any atom is -0.480 e. The van der Waals surface area contributed by atoms with E-state index in [0.29, 0.717) is 32.4 Å². The van der Waals surface area contributed by atoms with Crippen LogP contribution in [0.4, 0.5) is 0 Å². The summed E-state index contributed by atoms with van der Waals surface area (Å²) in [6.45, 7) is 1.02. The molecule has 0 radical (unpaired) electrons. The van der Waals surface area contributed by atoms with E-state index in [0.717, 1.165) is 6.42 Å². The van der Waals surface area contributed by atoms with Crippen LogP contribution in [0.3, 0.4) is 0 Å². The van der Waals surface area contributed by atoms with Gasteiger partial charge in [0.2, 0.25) is 5.91 Å². The third-order valence-electron chi connectivity index (χ3n) is 3.85. The van der Waals surface area contributed by atoms with E-state index >= 15 is 0 Å². The van der Waals surface area contributed by atoms with Crippen LogP contribution >= 0.6 is 0 Å². The number of carboxylic acid groups (broad SMARTS) is 2. The van der Waals surface area contributed by atoms with Gasteiger partial charge in [-0.2, -0.15) is 0 Å². The number of nitrogens with zero attached hydrogens (tertiary/aromatic N) is 2. The molecule has 0 spiro atoms. The number of amides is 1. The molecule has 0 aromatic rings. The number of carbonyl (C=O) groups is 3. The quantitative estimate of drug-likeness (QED) is 0.722. The van der Waals surface area contributed by atoms with Crippen molar-refractivity contribution in [2.24, 2.45) is 0 Å². The Kier molecular flexibility index (Phi) is 4.04. The van der Waals surface area contributed by atoms with Crippen LogP contribution in [0.2, 0.25) is 0 Å². The maximum Gasteiger partial charge on any atom is 0.326 e. The van der Waals surface area contributed by atoms with Gasteiger partial charge >= 0.3 is 11.9 Å². The molecular weight excluding hydrogens is 252 g/mol. The summed E-state index contributed by atoms with van der Waals surface area (Å²) in [5, 5.41) is 18.1. The summed E-state index contributed by atoms with van der Waals surface area (Å²) in [6, 6.07) is -1.37. The maximum atomic E-state index is 12.1. The van der Waals surface area contributed by atoms with Crippen molar-refractivity contribution in [3.63, 3.8) is 0 Å². The highest BCUT2D eigenvalue weighted by Gasteiger charge is 2.37. The number of carbonyl (C=O) groups excluding carboxylic acids is 1. The molecule has 2 atom stereocenters. The molecule has 7 heteroatoms. The van der Waals surface area contributed by atoms with Crippen LogP contribution in [0.5, 0.6) is 0 Å². The molecule has 0 aromatic carbocycles. The molecule has 2 aliphatic rings. The lowest BCUT2D eigenvalue weighted by molar-refractivity contribution is -0.150. The van der Waals surface area contributed by atoms with E-state index in [1.807, 2.05) is 0 Å². The van der Waals surface area contributed by atoms with Crippen LogP contribution in [0.1, 0.15) is 25.7 Å². The smallest absolute Gasteiger partial charge is 0.326 e. The summed E-state index contributed by atoms with van der Waals surface area (Å²) in [5.74, 6) is -2.18. The molecule has 0 aliphatic carbocycles. The van der Waals surface area contributed by atoms with Gasteiger partial charge in [-0.15, -0.1) is 0 Å². The Labute approximate surface area is 110 Å². The molecule has 2 aliphatic heterocycles. The number of hydrogen-bond acceptors (Lipinski definition) is 4. The van der Waals surface area contributed by atoms with Gasteiger partial charge in [0.25, 0.3) is 0 Å². The number of aliphatic carboxylic acids is 2. The highest BCUT2D eigenvalue weighted by molar-refractivity contribution is 5.86. The molecule has 0 aromatic heterocycles. The maximum absolute atomic E-state index is 12.1. The van der Waals surface area contributed by atoms with E-state index in [9.17, 15) is 14.4 Å². The lowest BCUT2D eigenvalue weighted by Gasteiger charge is -2.26. The summed E-state index contributed by atoms with van der Waals surface area (Å²) in [5.41, 5.74) is 0. The van der Waals surface area contributed by atoms with Crippen molar-refractivity contribution in [3.8, 4) is 0 Å². The second-order valence-electron chi connectivity index (χ2n) is 5.05. The number of carboxylic acids is 2. The Hall–Kier alpha value is -1.63. The Morgan fingerprint density at radius 3 is 2.16 bits per heavy atom. The molecule has 2 saturated heterocycles. The minimum absolute atomic E-state index is 0.000741. The monoisotopic (exact) mass is 270 g/mol. The van der Waals surface area contributed by atoms with Crippen molar-refractivity contribution < 1.29 is 24.6 Å². The largest absolute Gasteiger partial charge is 0.480 e. The van der Waals surface area contributed by atoms with E-state index < -0.39 is 24.0 Å². The van der Waals surface area contributed by atoms with Gasteiger partial charge in [-0.05, 0) is 32.2 Å². The summed E-state index contributed by atoms with van der Waals surface area (Å²) in [4.78, 5) is 37.2. The van der Waals surface area contributed by atoms with Crippen LogP contribution in [-0.2, 0) is 14.4 Å². The van der Waals surface area contributed by atoms with E-state index in [-0.39, 0.29) is 12.5 Å². The van der Waals surface area contributed by atoms with E-state index in [1.54, 1.807) is 4.90 Å². The van der Waals surface area contributed by atoms with Crippen LogP contribution < -0.4 is 0 Å². The zero-order valence-corrected chi connectivity index (χ0v) is 10.6. The van der Waals surface area contributed by atoms with Crippen LogP contribution in [-0.4, -0.2) is 69.6 Å². The van der Waals surface area contributed by atoms with Gasteiger partial charge in [0.05, 0.1) is 6.54 Å². The average Bonchev–Trinajstić information content (AvgIpc) is 2.96. The second-order valence-corrected chi connectivity index (χ2v) is 5.05. The topological polar surface area (TPSA) is 98.2 Å². The molecule has 2 heterocycles. The molecule has 19 heavy (non-hydrogen) atoms. The Balaban J connectivity index is 1.97. The first-order valence-electron chi connectivity index (χ1n) is 6.50. The molecule has 2 fully saturated rings. The SMILES string of the molecule is O=C(O)[C@H]1CCCN1CC(=O)N1CCC[C@@H]1C(=O)O. The predicted octanol–water partition coefficient (Wildman–Crippen LogP) is -0.389. The molecule has 2 N–H and O–H groups in total. The van der Waals surface area contributed by atoms with Gasteiger partial charge < -0.3 is 15.1 Å². The van der Waals surface area contributed by atoms with Gasteiger partial charge in [0, 0.05) is 6.54 Å². The molecule has 1 amide bonds. The number of hydrogen-bond donors (Lipinski definition) is 2. The van der Waals surface area contributed by atoms with Gasteiger partial charge in [-0.1, -0.05) is 0 Å². The van der Waals surface area contributed by atoms with Crippen molar-refractivity contribution in [2.45, 2.75) is 37.8 Å². The Morgan fingerprint density at radius 2 is 1.53 bits per heavy atom. The summed E-state index contributed by atoms with van der Waals surface area (Å²) < 4.78 is 0. The average molecular weight is 270 g/mol. The van der Waals surface area contributed by atoms with Gasteiger partial charge in [0.15, 0.2) is 0 Å². The van der Waals surface area contributed by atoms with Crippen molar-refractivity contribution in [2.75, 3.05) is 19.6 Å². The predicted molar refractivity (Wildman–Crippen MR) is 64.6 cm³/mol. The fourth-order valence-electron chi connectivity index (χ4n) is 2.88. The molecule has 2 rings (SSSR count). The summed E-state index contributed by atoms with van der Waals surface area (Å²) >= 11 is 0. The highest BCUT2D eigenvalue weighted by atomic mass is 16.4. The van der Waals surface area contributed by atoms with E-state index in [4.69, 9.17) is 10.2 Å². The Morgan fingerprint density at radius 1 is 0.947 bits per heavy atom. The summed E-state index contributed by atoms with van der Waals surface area (Å²) in [6.07, 6.45) is 2.46. The number of rotatable bonds is 4. The fraction of sp³-hybridized carbons (Fsp3) is 0.750. The minimum atomic E-state index is -0.984. The molecule has 106 valence electrons. The third kappa shape index (κ3) is 2.86. The Bertz CT molecular complexity index is 398. The lowest BCUT2D eigenvalue weighted by atomic mass is 10.2. The first-order valence-corrected chi connectivity index (χ1v) is 6.50. The first kappa shape index (κ1) is 13.8. The van der Waals surface area contributed by atoms with Gasteiger partial charge in [-0.25, -0.2) is 4.79 Å². The van der Waals surface area contributed by atoms with E-state index in [2.05, 4.69) is 0 Å². The normalized spacial score (nSPS) is 27.7. The third-order valence-corrected chi connectivity index (χ3v) is 3.85. The van der Waals surface area contributed by atoms with Crippen LogP contribution in [0, 0.1) is 0 Å². The molecule has 0 saturated carbocycles. The van der Waals surface area contributed by atoms with E-state index in [1.165, 1.54) is 4.90 Å².